The zero-order valence-electron chi connectivity index (χ0n) is 11.0. The van der Waals surface area contributed by atoms with E-state index in [0.29, 0.717) is 17.4 Å². The standard InChI is InChI=1S/C16H17ClO3/c17-14-6-8-16(9-7-14)20-12-15(18)11-19-10-13-4-2-1-3-5-13/h1-9,15,18H,10-12H2. The smallest absolute Gasteiger partial charge is 0.119 e. The third-order valence-corrected chi connectivity index (χ3v) is 2.93. The van der Waals surface area contributed by atoms with E-state index in [0.717, 1.165) is 5.56 Å². The lowest BCUT2D eigenvalue weighted by molar-refractivity contribution is 0.00549. The summed E-state index contributed by atoms with van der Waals surface area (Å²) in [5.74, 6) is 0.677. The van der Waals surface area contributed by atoms with Crippen LogP contribution >= 0.6 is 11.6 Å². The van der Waals surface area contributed by atoms with Gasteiger partial charge >= 0.3 is 0 Å². The molecular formula is C16H17ClO3. The molecule has 106 valence electrons. The Balaban J connectivity index is 1.65. The Labute approximate surface area is 123 Å². The highest BCUT2D eigenvalue weighted by molar-refractivity contribution is 6.30. The van der Waals surface area contributed by atoms with Crippen molar-refractivity contribution >= 4 is 11.6 Å². The molecule has 0 bridgehead atoms. The van der Waals surface area contributed by atoms with Crippen molar-refractivity contribution in [3.63, 3.8) is 0 Å². The number of halogens is 1. The highest BCUT2D eigenvalue weighted by Gasteiger charge is 2.05. The fraction of sp³-hybridized carbons (Fsp3) is 0.250. The van der Waals surface area contributed by atoms with Gasteiger partial charge in [-0.2, -0.15) is 0 Å². The molecule has 0 spiro atoms. The van der Waals surface area contributed by atoms with Gasteiger partial charge in [-0.3, -0.25) is 0 Å². The van der Waals surface area contributed by atoms with Crippen molar-refractivity contribution < 1.29 is 14.6 Å². The number of ether oxygens (including phenoxy) is 2. The van der Waals surface area contributed by atoms with E-state index in [1.54, 1.807) is 24.3 Å². The maximum atomic E-state index is 9.77. The highest BCUT2D eigenvalue weighted by atomic mass is 35.5. The molecule has 3 nitrogen and oxygen atoms in total. The predicted octanol–water partition coefficient (Wildman–Crippen LogP) is 3.30. The zero-order valence-corrected chi connectivity index (χ0v) is 11.8. The van der Waals surface area contributed by atoms with Crippen LogP contribution in [0.1, 0.15) is 5.56 Å². The van der Waals surface area contributed by atoms with Gasteiger partial charge in [-0.05, 0) is 29.8 Å². The highest BCUT2D eigenvalue weighted by Crippen LogP contribution is 2.15. The van der Waals surface area contributed by atoms with E-state index in [1.807, 2.05) is 30.3 Å². The van der Waals surface area contributed by atoms with Gasteiger partial charge in [0.05, 0.1) is 13.2 Å². The first-order valence-corrected chi connectivity index (χ1v) is 6.80. The first kappa shape index (κ1) is 14.9. The van der Waals surface area contributed by atoms with Crippen molar-refractivity contribution in [2.75, 3.05) is 13.2 Å². The molecule has 20 heavy (non-hydrogen) atoms. The summed E-state index contributed by atoms with van der Waals surface area (Å²) in [6.45, 7) is 0.914. The molecule has 0 amide bonds. The van der Waals surface area contributed by atoms with Crippen LogP contribution in [0.2, 0.25) is 5.02 Å². The molecule has 1 unspecified atom stereocenters. The molecule has 2 aromatic rings. The van der Waals surface area contributed by atoms with Gasteiger partial charge in [0.2, 0.25) is 0 Å². The second kappa shape index (κ2) is 7.90. The average Bonchev–Trinajstić information content (AvgIpc) is 2.48. The van der Waals surface area contributed by atoms with Crippen LogP contribution in [-0.2, 0) is 11.3 Å². The molecule has 0 saturated heterocycles. The van der Waals surface area contributed by atoms with Crippen LogP contribution < -0.4 is 4.74 Å². The third-order valence-electron chi connectivity index (χ3n) is 2.68. The summed E-state index contributed by atoms with van der Waals surface area (Å²) in [5, 5.41) is 10.4. The number of benzene rings is 2. The van der Waals surface area contributed by atoms with E-state index in [1.165, 1.54) is 0 Å². The van der Waals surface area contributed by atoms with Gasteiger partial charge in [0.1, 0.15) is 18.5 Å². The minimum Gasteiger partial charge on any atom is -0.491 e. The van der Waals surface area contributed by atoms with Crippen molar-refractivity contribution in [1.82, 2.24) is 0 Å². The van der Waals surface area contributed by atoms with Crippen molar-refractivity contribution in [3.05, 3.63) is 65.2 Å². The van der Waals surface area contributed by atoms with E-state index < -0.39 is 6.10 Å². The van der Waals surface area contributed by atoms with Gasteiger partial charge in [-0.1, -0.05) is 41.9 Å². The molecule has 0 aliphatic heterocycles. The van der Waals surface area contributed by atoms with Crippen LogP contribution in [-0.4, -0.2) is 24.4 Å². The fourth-order valence-electron chi connectivity index (χ4n) is 1.66. The molecule has 0 heterocycles. The Morgan fingerprint density at radius 3 is 2.35 bits per heavy atom. The van der Waals surface area contributed by atoms with Crippen LogP contribution in [0.3, 0.4) is 0 Å². The van der Waals surface area contributed by atoms with Crippen LogP contribution in [0.25, 0.3) is 0 Å². The van der Waals surface area contributed by atoms with Crippen molar-refractivity contribution in [1.29, 1.82) is 0 Å². The Morgan fingerprint density at radius 2 is 1.65 bits per heavy atom. The van der Waals surface area contributed by atoms with Gasteiger partial charge in [0, 0.05) is 5.02 Å². The first-order chi connectivity index (χ1) is 9.74. The molecule has 0 radical (unpaired) electrons. The Hall–Kier alpha value is -1.55. The molecule has 4 heteroatoms. The summed E-state index contributed by atoms with van der Waals surface area (Å²) < 4.78 is 10.9. The molecule has 1 N–H and O–H groups in total. The summed E-state index contributed by atoms with van der Waals surface area (Å²) in [7, 11) is 0. The molecule has 0 aliphatic rings. The quantitative estimate of drug-likeness (QED) is 0.851. The van der Waals surface area contributed by atoms with Gasteiger partial charge < -0.3 is 14.6 Å². The van der Waals surface area contributed by atoms with Crippen molar-refractivity contribution in [3.8, 4) is 5.75 Å². The number of aliphatic hydroxyl groups is 1. The third kappa shape index (κ3) is 5.21. The van der Waals surface area contributed by atoms with E-state index in [9.17, 15) is 5.11 Å². The Bertz CT molecular complexity index is 499. The molecule has 1 atom stereocenters. The van der Waals surface area contributed by atoms with Crippen LogP contribution in [0, 0.1) is 0 Å². The second-order valence-electron chi connectivity index (χ2n) is 4.42. The summed E-state index contributed by atoms with van der Waals surface area (Å²) in [6.07, 6.45) is -0.658. The van der Waals surface area contributed by atoms with Gasteiger partial charge in [-0.15, -0.1) is 0 Å². The topological polar surface area (TPSA) is 38.7 Å². The molecule has 0 fully saturated rings. The number of hydrogen-bond acceptors (Lipinski definition) is 3. The molecule has 2 rings (SSSR count). The lowest BCUT2D eigenvalue weighted by Crippen LogP contribution is -2.23. The number of rotatable bonds is 7. The Kier molecular flexibility index (Phi) is 5.87. The first-order valence-electron chi connectivity index (χ1n) is 6.42. The average molecular weight is 293 g/mol. The maximum absolute atomic E-state index is 9.77. The summed E-state index contributed by atoms with van der Waals surface area (Å²) in [6, 6.07) is 16.9. The van der Waals surface area contributed by atoms with E-state index >= 15 is 0 Å². The largest absolute Gasteiger partial charge is 0.491 e. The van der Waals surface area contributed by atoms with Crippen LogP contribution in [0.4, 0.5) is 0 Å². The number of aliphatic hydroxyl groups excluding tert-OH is 1. The zero-order chi connectivity index (χ0) is 14.2. The normalized spacial score (nSPS) is 12.1. The van der Waals surface area contributed by atoms with E-state index in [4.69, 9.17) is 21.1 Å². The molecule has 0 aromatic heterocycles. The minimum absolute atomic E-state index is 0.191. The van der Waals surface area contributed by atoms with Crippen molar-refractivity contribution in [2.45, 2.75) is 12.7 Å². The van der Waals surface area contributed by atoms with Crippen molar-refractivity contribution in [2.24, 2.45) is 0 Å². The van der Waals surface area contributed by atoms with Gasteiger partial charge in [0.25, 0.3) is 0 Å². The number of hydrogen-bond donors (Lipinski definition) is 1. The van der Waals surface area contributed by atoms with Crippen LogP contribution in [0.15, 0.2) is 54.6 Å². The van der Waals surface area contributed by atoms with E-state index in [-0.39, 0.29) is 13.2 Å². The molecular weight excluding hydrogens is 276 g/mol. The molecule has 2 aromatic carbocycles. The van der Waals surface area contributed by atoms with Gasteiger partial charge in [-0.25, -0.2) is 0 Å². The maximum Gasteiger partial charge on any atom is 0.119 e. The summed E-state index contributed by atoms with van der Waals surface area (Å²) in [4.78, 5) is 0. The monoisotopic (exact) mass is 292 g/mol. The lowest BCUT2D eigenvalue weighted by Gasteiger charge is -2.13. The lowest BCUT2D eigenvalue weighted by atomic mass is 10.2. The minimum atomic E-state index is -0.658. The SMILES string of the molecule is OC(COCc1ccccc1)COc1ccc(Cl)cc1. The van der Waals surface area contributed by atoms with E-state index in [2.05, 4.69) is 0 Å². The van der Waals surface area contributed by atoms with Gasteiger partial charge in [0.15, 0.2) is 0 Å². The molecule has 0 aliphatic carbocycles. The second-order valence-corrected chi connectivity index (χ2v) is 4.86. The summed E-state index contributed by atoms with van der Waals surface area (Å²) >= 11 is 5.78. The Morgan fingerprint density at radius 1 is 0.950 bits per heavy atom. The van der Waals surface area contributed by atoms with Crippen LogP contribution in [0.5, 0.6) is 5.75 Å². The fourth-order valence-corrected chi connectivity index (χ4v) is 1.78. The summed E-state index contributed by atoms with van der Waals surface area (Å²) in [5.41, 5.74) is 1.08. The molecule has 0 saturated carbocycles. The predicted molar refractivity (Wildman–Crippen MR) is 79.1 cm³/mol.